The summed E-state index contributed by atoms with van der Waals surface area (Å²) in [5.74, 6) is -0.618. The molecule has 0 aromatic carbocycles. The van der Waals surface area contributed by atoms with Crippen molar-refractivity contribution in [3.8, 4) is 0 Å². The second-order valence-corrected chi connectivity index (χ2v) is 5.52. The predicted octanol–water partition coefficient (Wildman–Crippen LogP) is 0.359. The maximum Gasteiger partial charge on any atom is 0.326 e. The minimum absolute atomic E-state index is 0.141. The van der Waals surface area contributed by atoms with Crippen molar-refractivity contribution in [3.05, 3.63) is 23.3 Å². The normalized spacial score (nSPS) is 18.1. The Hall–Kier alpha value is -2.51. The summed E-state index contributed by atoms with van der Waals surface area (Å²) in [6.07, 6.45) is 2.94. The van der Waals surface area contributed by atoms with Gasteiger partial charge in [0.25, 0.3) is 5.78 Å². The summed E-state index contributed by atoms with van der Waals surface area (Å²) in [5, 5.41) is 16.9. The first-order valence-electron chi connectivity index (χ1n) is 7.17. The van der Waals surface area contributed by atoms with E-state index in [1.165, 1.54) is 4.90 Å². The van der Waals surface area contributed by atoms with Gasteiger partial charge in [-0.15, -0.1) is 10.2 Å². The van der Waals surface area contributed by atoms with Crippen LogP contribution in [0.4, 0.5) is 0 Å². The van der Waals surface area contributed by atoms with Gasteiger partial charge in [-0.1, -0.05) is 0 Å². The largest absolute Gasteiger partial charge is 0.480 e. The van der Waals surface area contributed by atoms with E-state index in [4.69, 9.17) is 0 Å². The Balaban J connectivity index is 1.89. The van der Waals surface area contributed by atoms with Crippen LogP contribution in [0.1, 0.15) is 29.8 Å². The molecule has 116 valence electrons. The van der Waals surface area contributed by atoms with Crippen LogP contribution in [0.15, 0.2) is 6.33 Å². The molecule has 0 radical (unpaired) electrons. The number of rotatable bonds is 3. The number of aryl methyl sites for hydroxylation is 2. The number of carbonyl (C=O) groups excluding carboxylic acids is 1. The van der Waals surface area contributed by atoms with E-state index in [2.05, 4.69) is 15.2 Å². The first-order chi connectivity index (χ1) is 10.5. The number of likely N-dealkylation sites (tertiary alicyclic amines) is 1. The number of hydrogen-bond donors (Lipinski definition) is 1. The molecule has 1 fully saturated rings. The highest BCUT2D eigenvalue weighted by atomic mass is 16.4. The highest BCUT2D eigenvalue weighted by Gasteiger charge is 2.34. The van der Waals surface area contributed by atoms with E-state index >= 15 is 0 Å². The molecule has 1 N–H and O–H groups in total. The molecule has 0 saturated carbocycles. The van der Waals surface area contributed by atoms with Crippen LogP contribution >= 0.6 is 0 Å². The van der Waals surface area contributed by atoms with Crippen molar-refractivity contribution >= 4 is 17.7 Å². The number of amides is 1. The molecule has 8 heteroatoms. The molecule has 1 aliphatic rings. The van der Waals surface area contributed by atoms with Crippen molar-refractivity contribution in [3.63, 3.8) is 0 Å². The summed E-state index contributed by atoms with van der Waals surface area (Å²) in [5.41, 5.74) is 2.37. The minimum atomic E-state index is -0.938. The Morgan fingerprint density at radius 1 is 1.41 bits per heavy atom. The number of carboxylic acids is 1. The smallest absolute Gasteiger partial charge is 0.326 e. The summed E-state index contributed by atoms with van der Waals surface area (Å²) >= 11 is 0. The van der Waals surface area contributed by atoms with Crippen LogP contribution in [0.2, 0.25) is 0 Å². The van der Waals surface area contributed by atoms with Gasteiger partial charge in [-0.05, 0) is 26.7 Å². The third-order valence-corrected chi connectivity index (χ3v) is 4.22. The van der Waals surface area contributed by atoms with Gasteiger partial charge in [0.15, 0.2) is 0 Å². The third kappa shape index (κ3) is 2.30. The fourth-order valence-electron chi connectivity index (χ4n) is 3.00. The van der Waals surface area contributed by atoms with Crippen molar-refractivity contribution in [2.45, 2.75) is 39.2 Å². The molecule has 0 bridgehead atoms. The summed E-state index contributed by atoms with van der Waals surface area (Å²) in [6.45, 7) is 4.20. The molecular weight excluding hydrogens is 286 g/mol. The highest BCUT2D eigenvalue weighted by molar-refractivity contribution is 5.85. The fourth-order valence-corrected chi connectivity index (χ4v) is 3.00. The van der Waals surface area contributed by atoms with Crippen LogP contribution in [0.3, 0.4) is 0 Å². The van der Waals surface area contributed by atoms with E-state index in [1.54, 1.807) is 10.7 Å². The molecule has 22 heavy (non-hydrogen) atoms. The lowest BCUT2D eigenvalue weighted by atomic mass is 10.1. The van der Waals surface area contributed by atoms with Crippen LogP contribution in [0.5, 0.6) is 0 Å². The van der Waals surface area contributed by atoms with Gasteiger partial charge in [0.2, 0.25) is 5.91 Å². The number of carbonyl (C=O) groups is 2. The van der Waals surface area contributed by atoms with Gasteiger partial charge in [-0.2, -0.15) is 0 Å². The molecule has 2 aromatic heterocycles. The second kappa shape index (κ2) is 5.36. The van der Waals surface area contributed by atoms with Crippen molar-refractivity contribution in [1.29, 1.82) is 0 Å². The number of hydrogen-bond acceptors (Lipinski definition) is 5. The molecule has 0 aliphatic carbocycles. The van der Waals surface area contributed by atoms with E-state index in [0.717, 1.165) is 23.4 Å². The Morgan fingerprint density at radius 2 is 2.18 bits per heavy atom. The average molecular weight is 303 g/mol. The third-order valence-electron chi connectivity index (χ3n) is 4.22. The molecule has 1 aliphatic heterocycles. The standard InChI is InChI=1S/C14H17N5O3/c1-8-10(9(2)19-7-15-17-14(19)16-8)6-12(20)18-5-3-4-11(18)13(21)22/h7,11H,3-6H2,1-2H3,(H,21,22). The lowest BCUT2D eigenvalue weighted by Crippen LogP contribution is -2.41. The zero-order valence-corrected chi connectivity index (χ0v) is 12.5. The van der Waals surface area contributed by atoms with Crippen molar-refractivity contribution < 1.29 is 14.7 Å². The lowest BCUT2D eigenvalue weighted by Gasteiger charge is -2.22. The highest BCUT2D eigenvalue weighted by Crippen LogP contribution is 2.21. The minimum Gasteiger partial charge on any atom is -0.480 e. The average Bonchev–Trinajstić information content (AvgIpc) is 3.11. The number of nitrogens with zero attached hydrogens (tertiary/aromatic N) is 5. The molecule has 2 aromatic rings. The molecule has 1 saturated heterocycles. The predicted molar refractivity (Wildman–Crippen MR) is 76.3 cm³/mol. The van der Waals surface area contributed by atoms with E-state index in [-0.39, 0.29) is 12.3 Å². The molecule has 1 amide bonds. The van der Waals surface area contributed by atoms with Crippen LogP contribution in [-0.4, -0.2) is 54.1 Å². The van der Waals surface area contributed by atoms with Crippen LogP contribution < -0.4 is 0 Å². The van der Waals surface area contributed by atoms with Gasteiger partial charge >= 0.3 is 5.97 Å². The first kappa shape index (κ1) is 14.4. The van der Waals surface area contributed by atoms with Crippen LogP contribution in [0, 0.1) is 13.8 Å². The zero-order valence-electron chi connectivity index (χ0n) is 12.5. The van der Waals surface area contributed by atoms with Gasteiger partial charge in [-0.25, -0.2) is 9.78 Å². The first-order valence-corrected chi connectivity index (χ1v) is 7.17. The van der Waals surface area contributed by atoms with Crippen LogP contribution in [-0.2, 0) is 16.0 Å². The van der Waals surface area contributed by atoms with E-state index in [1.807, 2.05) is 13.8 Å². The molecule has 3 heterocycles. The van der Waals surface area contributed by atoms with Crippen LogP contribution in [0.25, 0.3) is 5.78 Å². The van der Waals surface area contributed by atoms with Crippen molar-refractivity contribution in [2.75, 3.05) is 6.54 Å². The monoisotopic (exact) mass is 303 g/mol. The van der Waals surface area contributed by atoms with Gasteiger partial charge in [0.05, 0.1) is 6.42 Å². The van der Waals surface area contributed by atoms with E-state index in [9.17, 15) is 14.7 Å². The SMILES string of the molecule is Cc1nc2nncn2c(C)c1CC(=O)N1CCCC1C(=O)O. The molecule has 8 nitrogen and oxygen atoms in total. The second-order valence-electron chi connectivity index (χ2n) is 5.52. The van der Waals surface area contributed by atoms with Gasteiger partial charge in [0, 0.05) is 23.5 Å². The maximum atomic E-state index is 12.5. The number of aliphatic carboxylic acids is 1. The van der Waals surface area contributed by atoms with E-state index in [0.29, 0.717) is 18.7 Å². The Morgan fingerprint density at radius 3 is 2.91 bits per heavy atom. The molecular formula is C14H17N5O3. The molecule has 0 spiro atoms. The number of carboxylic acid groups (broad SMARTS) is 1. The Bertz CT molecular complexity index is 754. The zero-order chi connectivity index (χ0) is 15.9. The van der Waals surface area contributed by atoms with Gasteiger partial charge in [0.1, 0.15) is 12.4 Å². The molecule has 1 atom stereocenters. The van der Waals surface area contributed by atoms with Crippen molar-refractivity contribution in [1.82, 2.24) is 24.5 Å². The number of aromatic nitrogens is 4. The van der Waals surface area contributed by atoms with Crippen molar-refractivity contribution in [2.24, 2.45) is 0 Å². The maximum absolute atomic E-state index is 12.5. The fraction of sp³-hybridized carbons (Fsp3) is 0.500. The number of fused-ring (bicyclic) bond motifs is 1. The van der Waals surface area contributed by atoms with Gasteiger partial charge in [-0.3, -0.25) is 9.20 Å². The Kier molecular flexibility index (Phi) is 3.51. The van der Waals surface area contributed by atoms with Gasteiger partial charge < -0.3 is 10.0 Å². The summed E-state index contributed by atoms with van der Waals surface area (Å²) in [7, 11) is 0. The van der Waals surface area contributed by atoms with E-state index < -0.39 is 12.0 Å². The molecule has 1 unspecified atom stereocenters. The summed E-state index contributed by atoms with van der Waals surface area (Å²) in [6, 6.07) is -0.709. The molecule has 3 rings (SSSR count). The summed E-state index contributed by atoms with van der Waals surface area (Å²) < 4.78 is 1.73. The quantitative estimate of drug-likeness (QED) is 0.878. The lowest BCUT2D eigenvalue weighted by molar-refractivity contribution is -0.148. The summed E-state index contributed by atoms with van der Waals surface area (Å²) in [4.78, 5) is 29.5. The Labute approximate surface area is 126 Å². The topological polar surface area (TPSA) is 101 Å².